The number of hydrogen-bond donors (Lipinski definition) is 2. The minimum Gasteiger partial charge on any atom is -0.457 e. The second kappa shape index (κ2) is 7.95. The molecule has 126 valence electrons. The van der Waals surface area contributed by atoms with Gasteiger partial charge < -0.3 is 20.1 Å². The average molecular weight is 326 g/mol. The molecule has 24 heavy (non-hydrogen) atoms. The summed E-state index contributed by atoms with van der Waals surface area (Å²) in [6.07, 6.45) is -0.130. The Balaban J connectivity index is 1.64. The molecule has 0 aliphatic carbocycles. The van der Waals surface area contributed by atoms with Crippen LogP contribution >= 0.6 is 0 Å². The Bertz CT molecular complexity index is 675. The zero-order valence-electron chi connectivity index (χ0n) is 13.7. The fourth-order valence-electron chi connectivity index (χ4n) is 2.68. The average Bonchev–Trinajstić information content (AvgIpc) is 2.62. The summed E-state index contributed by atoms with van der Waals surface area (Å²) in [7, 11) is 0. The summed E-state index contributed by atoms with van der Waals surface area (Å²) in [5.74, 6) is 1.45. The van der Waals surface area contributed by atoms with E-state index in [9.17, 15) is 4.79 Å². The highest BCUT2D eigenvalue weighted by Crippen LogP contribution is 2.24. The molecule has 5 heteroatoms. The first kappa shape index (κ1) is 16.5. The molecule has 5 nitrogen and oxygen atoms in total. The van der Waals surface area contributed by atoms with Gasteiger partial charge in [-0.3, -0.25) is 4.79 Å². The van der Waals surface area contributed by atoms with Gasteiger partial charge in [0.15, 0.2) is 0 Å². The van der Waals surface area contributed by atoms with Crippen molar-refractivity contribution in [1.82, 2.24) is 10.6 Å². The van der Waals surface area contributed by atoms with E-state index in [1.54, 1.807) is 0 Å². The van der Waals surface area contributed by atoms with E-state index >= 15 is 0 Å². The molecule has 1 aliphatic rings. The number of para-hydroxylation sites is 2. The highest BCUT2D eigenvalue weighted by atomic mass is 16.5. The molecule has 3 rings (SSSR count). The van der Waals surface area contributed by atoms with Gasteiger partial charge >= 0.3 is 0 Å². The summed E-state index contributed by atoms with van der Waals surface area (Å²) in [5, 5.41) is 6.15. The van der Waals surface area contributed by atoms with Crippen molar-refractivity contribution in [3.05, 3.63) is 60.2 Å². The molecule has 0 bridgehead atoms. The van der Waals surface area contributed by atoms with Crippen LogP contribution in [0.15, 0.2) is 54.6 Å². The van der Waals surface area contributed by atoms with Crippen LogP contribution in [0.2, 0.25) is 0 Å². The molecule has 2 aromatic carbocycles. The van der Waals surface area contributed by atoms with E-state index in [-0.39, 0.29) is 18.1 Å². The van der Waals surface area contributed by atoms with Crippen LogP contribution in [0.5, 0.6) is 11.5 Å². The first-order valence-electron chi connectivity index (χ1n) is 8.17. The van der Waals surface area contributed by atoms with Crippen molar-refractivity contribution >= 4 is 5.91 Å². The van der Waals surface area contributed by atoms with Crippen molar-refractivity contribution < 1.29 is 14.3 Å². The van der Waals surface area contributed by atoms with Gasteiger partial charge in [0.25, 0.3) is 0 Å². The molecule has 2 N–H and O–H groups in total. The van der Waals surface area contributed by atoms with Crippen LogP contribution in [0.25, 0.3) is 0 Å². The standard InChI is InChI=1S/C19H22N2O3/c1-14-18(20-11-12-23-14)19(22)21-13-15-7-5-6-10-17(15)24-16-8-3-2-4-9-16/h2-10,14,18,20H,11-13H2,1H3,(H,21,22)/t14-,18+/m1/s1. The van der Waals surface area contributed by atoms with Gasteiger partial charge in [-0.1, -0.05) is 36.4 Å². The first-order valence-corrected chi connectivity index (χ1v) is 8.17. The Labute approximate surface area is 142 Å². The first-order chi connectivity index (χ1) is 11.7. The molecule has 1 fully saturated rings. The number of morpholine rings is 1. The van der Waals surface area contributed by atoms with Gasteiger partial charge in [0, 0.05) is 18.7 Å². The number of rotatable bonds is 5. The number of ether oxygens (including phenoxy) is 2. The summed E-state index contributed by atoms with van der Waals surface area (Å²) in [6.45, 7) is 3.64. The van der Waals surface area contributed by atoms with Crippen LogP contribution in [0, 0.1) is 0 Å². The molecule has 2 aromatic rings. The van der Waals surface area contributed by atoms with Gasteiger partial charge in [-0.25, -0.2) is 0 Å². The van der Waals surface area contributed by atoms with Crippen molar-refractivity contribution in [3.63, 3.8) is 0 Å². The molecular weight excluding hydrogens is 304 g/mol. The lowest BCUT2D eigenvalue weighted by Gasteiger charge is -2.29. The monoisotopic (exact) mass is 326 g/mol. The number of nitrogens with one attached hydrogen (secondary N) is 2. The molecule has 0 radical (unpaired) electrons. The Morgan fingerprint density at radius 3 is 2.75 bits per heavy atom. The second-order valence-corrected chi connectivity index (χ2v) is 5.75. The second-order valence-electron chi connectivity index (χ2n) is 5.75. The van der Waals surface area contributed by atoms with Gasteiger partial charge in [-0.15, -0.1) is 0 Å². The Morgan fingerprint density at radius 1 is 1.21 bits per heavy atom. The zero-order valence-corrected chi connectivity index (χ0v) is 13.7. The lowest BCUT2D eigenvalue weighted by Crippen LogP contribution is -2.55. The van der Waals surface area contributed by atoms with Crippen molar-refractivity contribution in [3.8, 4) is 11.5 Å². The third kappa shape index (κ3) is 4.13. The van der Waals surface area contributed by atoms with Gasteiger partial charge in [0.2, 0.25) is 5.91 Å². The summed E-state index contributed by atoms with van der Waals surface area (Å²) < 4.78 is 11.4. The maximum absolute atomic E-state index is 12.4. The molecule has 1 saturated heterocycles. The molecule has 2 atom stereocenters. The summed E-state index contributed by atoms with van der Waals surface area (Å²) in [5.41, 5.74) is 0.930. The topological polar surface area (TPSA) is 59.6 Å². The third-order valence-corrected chi connectivity index (χ3v) is 4.00. The minimum atomic E-state index is -0.319. The Kier molecular flexibility index (Phi) is 5.46. The van der Waals surface area contributed by atoms with Crippen molar-refractivity contribution in [2.45, 2.75) is 25.6 Å². The molecule has 1 amide bonds. The number of carbonyl (C=O) groups excluding carboxylic acids is 1. The third-order valence-electron chi connectivity index (χ3n) is 4.00. The van der Waals surface area contributed by atoms with E-state index in [1.165, 1.54) is 0 Å². The highest BCUT2D eigenvalue weighted by molar-refractivity contribution is 5.82. The Morgan fingerprint density at radius 2 is 1.96 bits per heavy atom. The quantitative estimate of drug-likeness (QED) is 0.886. The SMILES string of the molecule is C[C@H]1OCCN[C@@H]1C(=O)NCc1ccccc1Oc1ccccc1. The fourth-order valence-corrected chi connectivity index (χ4v) is 2.68. The number of carbonyl (C=O) groups is 1. The van der Waals surface area contributed by atoms with E-state index in [4.69, 9.17) is 9.47 Å². The molecule has 0 saturated carbocycles. The minimum absolute atomic E-state index is 0.0586. The maximum atomic E-state index is 12.4. The smallest absolute Gasteiger partial charge is 0.240 e. The largest absolute Gasteiger partial charge is 0.457 e. The molecule has 0 spiro atoms. The van der Waals surface area contributed by atoms with Crippen LogP contribution < -0.4 is 15.4 Å². The molecular formula is C19H22N2O3. The van der Waals surface area contributed by atoms with Gasteiger partial charge in [-0.2, -0.15) is 0 Å². The van der Waals surface area contributed by atoms with Crippen molar-refractivity contribution in [2.75, 3.05) is 13.2 Å². The number of hydrogen-bond acceptors (Lipinski definition) is 4. The highest BCUT2D eigenvalue weighted by Gasteiger charge is 2.28. The molecule has 0 aromatic heterocycles. The van der Waals surface area contributed by atoms with Gasteiger partial charge in [-0.05, 0) is 25.1 Å². The molecule has 1 aliphatic heterocycles. The van der Waals surface area contributed by atoms with Crippen LogP contribution in [0.4, 0.5) is 0 Å². The van der Waals surface area contributed by atoms with E-state index in [2.05, 4.69) is 10.6 Å². The van der Waals surface area contributed by atoms with E-state index in [0.717, 1.165) is 17.1 Å². The van der Waals surface area contributed by atoms with Crippen LogP contribution in [0.3, 0.4) is 0 Å². The molecule has 0 unspecified atom stereocenters. The lowest BCUT2D eigenvalue weighted by atomic mass is 10.1. The fraction of sp³-hybridized carbons (Fsp3) is 0.316. The Hall–Kier alpha value is -2.37. The predicted molar refractivity (Wildman–Crippen MR) is 92.0 cm³/mol. The zero-order chi connectivity index (χ0) is 16.8. The lowest BCUT2D eigenvalue weighted by molar-refractivity contribution is -0.129. The normalized spacial score (nSPS) is 20.4. The van der Waals surface area contributed by atoms with Crippen LogP contribution in [-0.2, 0) is 16.1 Å². The maximum Gasteiger partial charge on any atom is 0.240 e. The van der Waals surface area contributed by atoms with Crippen LogP contribution in [0.1, 0.15) is 12.5 Å². The van der Waals surface area contributed by atoms with Crippen LogP contribution in [-0.4, -0.2) is 31.2 Å². The van der Waals surface area contributed by atoms with Crippen molar-refractivity contribution in [2.24, 2.45) is 0 Å². The van der Waals surface area contributed by atoms with Gasteiger partial charge in [0.1, 0.15) is 17.5 Å². The number of benzene rings is 2. The predicted octanol–water partition coefficient (Wildman–Crippen LogP) is 2.47. The number of amides is 1. The van der Waals surface area contributed by atoms with E-state index in [0.29, 0.717) is 19.7 Å². The van der Waals surface area contributed by atoms with E-state index in [1.807, 2.05) is 61.5 Å². The van der Waals surface area contributed by atoms with Crippen molar-refractivity contribution in [1.29, 1.82) is 0 Å². The molecule has 1 heterocycles. The summed E-state index contributed by atoms with van der Waals surface area (Å²) >= 11 is 0. The summed E-state index contributed by atoms with van der Waals surface area (Å²) in [6, 6.07) is 17.0. The van der Waals surface area contributed by atoms with E-state index < -0.39 is 0 Å². The summed E-state index contributed by atoms with van der Waals surface area (Å²) in [4.78, 5) is 12.4. The van der Waals surface area contributed by atoms with Gasteiger partial charge in [0.05, 0.1) is 12.7 Å².